The Kier molecular flexibility index (Phi) is 5.07. The number of benzene rings is 2. The van der Waals surface area contributed by atoms with Crippen LogP contribution in [-0.4, -0.2) is 15.1 Å². The van der Waals surface area contributed by atoms with Crippen LogP contribution in [0.5, 0.6) is 0 Å². The molecular weight excluding hydrogens is 361 g/mol. The van der Waals surface area contributed by atoms with E-state index in [4.69, 9.17) is 4.74 Å². The van der Waals surface area contributed by atoms with Gasteiger partial charge in [-0.3, -0.25) is 13.9 Å². The Morgan fingerprint density at radius 3 is 2.30 bits per heavy atom. The van der Waals surface area contributed by atoms with Gasteiger partial charge in [0.25, 0.3) is 0 Å². The molecule has 2 aromatic carbocycles. The van der Waals surface area contributed by atoms with Gasteiger partial charge in [-0.25, -0.2) is 4.79 Å². The Balaban J connectivity index is 1.59. The molecule has 1 heterocycles. The van der Waals surface area contributed by atoms with Crippen LogP contribution in [-0.2, 0) is 35.9 Å². The molecule has 0 unspecified atom stereocenters. The number of aryl methyl sites for hydroxylation is 2. The number of imidazole rings is 1. The zero-order chi connectivity index (χ0) is 19.6. The van der Waals surface area contributed by atoms with Crippen LogP contribution in [0.2, 0.25) is 0 Å². The minimum atomic E-state index is -4.40. The lowest BCUT2D eigenvalue weighted by molar-refractivity contribution is -0.145. The second-order valence-electron chi connectivity index (χ2n) is 6.09. The van der Waals surface area contributed by atoms with Crippen molar-refractivity contribution in [3.63, 3.8) is 0 Å². The van der Waals surface area contributed by atoms with Crippen LogP contribution in [0.15, 0.2) is 53.3 Å². The highest BCUT2D eigenvalue weighted by molar-refractivity contribution is 5.76. The van der Waals surface area contributed by atoms with E-state index in [2.05, 4.69) is 0 Å². The first kappa shape index (κ1) is 18.8. The number of para-hydroxylation sites is 2. The fourth-order valence-corrected chi connectivity index (χ4v) is 2.81. The quantitative estimate of drug-likeness (QED) is 0.639. The Morgan fingerprint density at radius 2 is 1.67 bits per heavy atom. The van der Waals surface area contributed by atoms with Crippen LogP contribution < -0.4 is 5.69 Å². The van der Waals surface area contributed by atoms with Crippen molar-refractivity contribution in [1.29, 1.82) is 0 Å². The summed E-state index contributed by atoms with van der Waals surface area (Å²) in [5.74, 6) is -0.533. The molecule has 3 rings (SSSR count). The van der Waals surface area contributed by atoms with Crippen molar-refractivity contribution in [3.8, 4) is 0 Å². The van der Waals surface area contributed by atoms with E-state index in [-0.39, 0.29) is 25.3 Å². The van der Waals surface area contributed by atoms with E-state index < -0.39 is 17.7 Å². The Hall–Kier alpha value is -3.03. The predicted molar refractivity (Wildman–Crippen MR) is 93.0 cm³/mol. The van der Waals surface area contributed by atoms with Crippen molar-refractivity contribution in [2.75, 3.05) is 0 Å². The number of alkyl halides is 3. The van der Waals surface area contributed by atoms with Crippen molar-refractivity contribution in [3.05, 3.63) is 70.1 Å². The fraction of sp³-hybridized carbons (Fsp3) is 0.263. The van der Waals surface area contributed by atoms with Gasteiger partial charge in [-0.2, -0.15) is 13.2 Å². The van der Waals surface area contributed by atoms with E-state index in [1.165, 1.54) is 21.3 Å². The van der Waals surface area contributed by atoms with E-state index in [0.29, 0.717) is 5.56 Å². The van der Waals surface area contributed by atoms with E-state index in [1.54, 1.807) is 19.2 Å². The number of carbonyl (C=O) groups is 1. The second-order valence-corrected chi connectivity index (χ2v) is 6.09. The minimum absolute atomic E-state index is 0.0193. The van der Waals surface area contributed by atoms with Gasteiger partial charge in [0.2, 0.25) is 0 Å². The van der Waals surface area contributed by atoms with Crippen molar-refractivity contribution in [1.82, 2.24) is 9.13 Å². The smallest absolute Gasteiger partial charge is 0.416 e. The number of hydrogen-bond acceptors (Lipinski definition) is 3. The standard InChI is InChI=1S/C19H17F3N2O3/c1-23-15-4-2-3-5-16(15)24(18(23)26)11-10-17(25)27-12-13-6-8-14(9-7-13)19(20,21)22/h2-9H,10-12H2,1H3. The Morgan fingerprint density at radius 1 is 1.04 bits per heavy atom. The van der Waals surface area contributed by atoms with Crippen LogP contribution >= 0.6 is 0 Å². The fourth-order valence-electron chi connectivity index (χ4n) is 2.81. The third-order valence-electron chi connectivity index (χ3n) is 4.27. The van der Waals surface area contributed by atoms with Gasteiger partial charge in [-0.05, 0) is 29.8 Å². The first-order valence-electron chi connectivity index (χ1n) is 8.23. The summed E-state index contributed by atoms with van der Waals surface area (Å²) in [6.45, 7) is 0.0352. The molecular formula is C19H17F3N2O3. The lowest BCUT2D eigenvalue weighted by Gasteiger charge is -2.08. The average Bonchev–Trinajstić information content (AvgIpc) is 2.89. The molecule has 0 atom stereocenters. The van der Waals surface area contributed by atoms with Crippen LogP contribution in [0.25, 0.3) is 11.0 Å². The van der Waals surface area contributed by atoms with Gasteiger partial charge in [0.15, 0.2) is 0 Å². The predicted octanol–water partition coefficient (Wildman–Crippen LogP) is 3.49. The topological polar surface area (TPSA) is 53.2 Å². The molecule has 8 heteroatoms. The molecule has 0 saturated heterocycles. The summed E-state index contributed by atoms with van der Waals surface area (Å²) in [5, 5.41) is 0. The number of carbonyl (C=O) groups excluding carboxylic acids is 1. The molecule has 142 valence electrons. The largest absolute Gasteiger partial charge is 0.461 e. The molecule has 0 aliphatic heterocycles. The number of hydrogen-bond donors (Lipinski definition) is 0. The molecule has 1 aromatic heterocycles. The molecule has 0 N–H and O–H groups in total. The summed E-state index contributed by atoms with van der Waals surface area (Å²) >= 11 is 0. The van der Waals surface area contributed by atoms with Gasteiger partial charge < -0.3 is 4.74 Å². The first-order valence-corrected chi connectivity index (χ1v) is 8.23. The summed E-state index contributed by atoms with van der Waals surface area (Å²) in [7, 11) is 1.66. The number of rotatable bonds is 5. The van der Waals surface area contributed by atoms with Gasteiger partial charge in [-0.15, -0.1) is 0 Å². The third-order valence-corrected chi connectivity index (χ3v) is 4.27. The van der Waals surface area contributed by atoms with Crippen LogP contribution in [0.3, 0.4) is 0 Å². The van der Waals surface area contributed by atoms with Crippen LogP contribution in [0, 0.1) is 0 Å². The Bertz CT molecular complexity index is 1020. The highest BCUT2D eigenvalue weighted by Crippen LogP contribution is 2.29. The van der Waals surface area contributed by atoms with E-state index >= 15 is 0 Å². The molecule has 0 bridgehead atoms. The first-order chi connectivity index (χ1) is 12.8. The van der Waals surface area contributed by atoms with E-state index in [0.717, 1.165) is 23.2 Å². The van der Waals surface area contributed by atoms with Gasteiger partial charge in [-0.1, -0.05) is 24.3 Å². The zero-order valence-corrected chi connectivity index (χ0v) is 14.5. The lowest BCUT2D eigenvalue weighted by atomic mass is 10.1. The molecule has 27 heavy (non-hydrogen) atoms. The second kappa shape index (κ2) is 7.30. The number of aromatic nitrogens is 2. The van der Waals surface area contributed by atoms with Crippen LogP contribution in [0.4, 0.5) is 13.2 Å². The number of esters is 1. The van der Waals surface area contributed by atoms with Crippen molar-refractivity contribution < 1.29 is 22.7 Å². The molecule has 5 nitrogen and oxygen atoms in total. The van der Waals surface area contributed by atoms with Gasteiger partial charge >= 0.3 is 17.8 Å². The average molecular weight is 378 g/mol. The summed E-state index contributed by atoms with van der Waals surface area (Å²) < 4.78 is 45.7. The molecule has 0 spiro atoms. The molecule has 0 amide bonds. The van der Waals surface area contributed by atoms with Gasteiger partial charge in [0, 0.05) is 13.6 Å². The highest BCUT2D eigenvalue weighted by Gasteiger charge is 2.29. The number of halogens is 3. The van der Waals surface area contributed by atoms with Crippen molar-refractivity contribution in [2.24, 2.45) is 7.05 Å². The molecule has 0 radical (unpaired) electrons. The molecule has 3 aromatic rings. The molecule has 0 saturated carbocycles. The zero-order valence-electron chi connectivity index (χ0n) is 14.5. The molecule has 0 aliphatic rings. The third kappa shape index (κ3) is 4.05. The number of nitrogens with zero attached hydrogens (tertiary/aromatic N) is 2. The molecule has 0 aliphatic carbocycles. The van der Waals surface area contributed by atoms with Gasteiger partial charge in [0.05, 0.1) is 23.0 Å². The lowest BCUT2D eigenvalue weighted by Crippen LogP contribution is -2.23. The van der Waals surface area contributed by atoms with Gasteiger partial charge in [0.1, 0.15) is 6.61 Å². The number of fused-ring (bicyclic) bond motifs is 1. The summed E-state index contributed by atoms with van der Waals surface area (Å²) in [5.41, 5.74) is 0.958. The SMILES string of the molecule is Cn1c(=O)n(CCC(=O)OCc2ccc(C(F)(F)F)cc2)c2ccccc21. The number of ether oxygens (including phenoxy) is 1. The van der Waals surface area contributed by atoms with Crippen molar-refractivity contribution >= 4 is 17.0 Å². The summed E-state index contributed by atoms with van der Waals surface area (Å²) in [6.07, 6.45) is -4.42. The monoisotopic (exact) mass is 378 g/mol. The maximum Gasteiger partial charge on any atom is 0.416 e. The normalized spacial score (nSPS) is 11.7. The van der Waals surface area contributed by atoms with E-state index in [1.807, 2.05) is 12.1 Å². The maximum atomic E-state index is 12.5. The Labute approximate surface area is 152 Å². The van der Waals surface area contributed by atoms with Crippen molar-refractivity contribution in [2.45, 2.75) is 25.7 Å². The highest BCUT2D eigenvalue weighted by atomic mass is 19.4. The minimum Gasteiger partial charge on any atom is -0.461 e. The summed E-state index contributed by atoms with van der Waals surface area (Å²) in [6, 6.07) is 11.7. The summed E-state index contributed by atoms with van der Waals surface area (Å²) in [4.78, 5) is 24.2. The van der Waals surface area contributed by atoms with Crippen LogP contribution in [0.1, 0.15) is 17.5 Å². The van der Waals surface area contributed by atoms with E-state index in [9.17, 15) is 22.8 Å². The molecule has 0 fully saturated rings. The maximum absolute atomic E-state index is 12.5.